The molecule has 1 atom stereocenters. The van der Waals surface area contributed by atoms with Gasteiger partial charge in [0.2, 0.25) is 0 Å². The molecule has 0 heterocycles. The number of carbonyl (C=O) groups is 1. The lowest BCUT2D eigenvalue weighted by atomic mass is 9.83. The first-order valence-corrected chi connectivity index (χ1v) is 7.06. The molecule has 0 aromatic heterocycles. The standard InChI is InChI=1S/C16H22O4/c1-11(16(18)19-2)6-12-4-3-5-15(9-12)20-10-13-7-14(17)8-13/h3-5,9,11,13-14,17H,6-8,10H2,1-2H3. The molecule has 1 N–H and O–H groups in total. The summed E-state index contributed by atoms with van der Waals surface area (Å²) in [7, 11) is 1.41. The van der Waals surface area contributed by atoms with Crippen molar-refractivity contribution in [1.29, 1.82) is 0 Å². The number of methoxy groups -OCH3 is 1. The van der Waals surface area contributed by atoms with Crippen LogP contribution >= 0.6 is 0 Å². The molecule has 4 nitrogen and oxygen atoms in total. The summed E-state index contributed by atoms with van der Waals surface area (Å²) in [5, 5.41) is 9.23. The number of aliphatic hydroxyl groups excluding tert-OH is 1. The molecule has 20 heavy (non-hydrogen) atoms. The summed E-state index contributed by atoms with van der Waals surface area (Å²) in [6, 6.07) is 7.81. The van der Waals surface area contributed by atoms with Crippen molar-refractivity contribution in [3.05, 3.63) is 29.8 Å². The topological polar surface area (TPSA) is 55.8 Å². The van der Waals surface area contributed by atoms with E-state index in [2.05, 4.69) is 0 Å². The molecule has 0 saturated heterocycles. The highest BCUT2D eigenvalue weighted by Crippen LogP contribution is 2.28. The number of benzene rings is 1. The van der Waals surface area contributed by atoms with Crippen LogP contribution in [0, 0.1) is 11.8 Å². The third-order valence-electron chi connectivity index (χ3n) is 3.74. The first kappa shape index (κ1) is 14.9. The van der Waals surface area contributed by atoms with E-state index in [4.69, 9.17) is 9.47 Å². The van der Waals surface area contributed by atoms with Crippen molar-refractivity contribution in [1.82, 2.24) is 0 Å². The maximum atomic E-state index is 11.4. The molecule has 0 aliphatic heterocycles. The van der Waals surface area contributed by atoms with E-state index in [0.29, 0.717) is 18.9 Å². The third-order valence-corrected chi connectivity index (χ3v) is 3.74. The molecule has 1 unspecified atom stereocenters. The van der Waals surface area contributed by atoms with Gasteiger partial charge in [-0.3, -0.25) is 4.79 Å². The van der Waals surface area contributed by atoms with Crippen LogP contribution in [0.3, 0.4) is 0 Å². The molecule has 110 valence electrons. The zero-order valence-corrected chi connectivity index (χ0v) is 12.0. The predicted octanol–water partition coefficient (Wildman–Crippen LogP) is 2.19. The molecule has 0 bridgehead atoms. The van der Waals surface area contributed by atoms with Gasteiger partial charge in [0.05, 0.1) is 25.7 Å². The van der Waals surface area contributed by atoms with E-state index < -0.39 is 0 Å². The summed E-state index contributed by atoms with van der Waals surface area (Å²) in [6.07, 6.45) is 2.17. The summed E-state index contributed by atoms with van der Waals surface area (Å²) in [5.41, 5.74) is 1.06. The molecule has 0 amide bonds. The fraction of sp³-hybridized carbons (Fsp3) is 0.562. The largest absolute Gasteiger partial charge is 0.493 e. The van der Waals surface area contributed by atoms with Crippen LogP contribution in [0.5, 0.6) is 5.75 Å². The normalized spacial score (nSPS) is 22.8. The molecule has 0 spiro atoms. The van der Waals surface area contributed by atoms with Gasteiger partial charge < -0.3 is 14.6 Å². The first-order chi connectivity index (χ1) is 9.58. The molecule has 1 saturated carbocycles. The van der Waals surface area contributed by atoms with Crippen molar-refractivity contribution in [2.75, 3.05) is 13.7 Å². The number of ether oxygens (including phenoxy) is 2. The maximum Gasteiger partial charge on any atom is 0.308 e. The van der Waals surface area contributed by atoms with Gasteiger partial charge in [-0.1, -0.05) is 19.1 Å². The number of hydrogen-bond donors (Lipinski definition) is 1. The Morgan fingerprint density at radius 2 is 2.20 bits per heavy atom. The van der Waals surface area contributed by atoms with Gasteiger partial charge in [-0.05, 0) is 42.9 Å². The average molecular weight is 278 g/mol. The van der Waals surface area contributed by atoms with E-state index in [0.717, 1.165) is 24.2 Å². The fourth-order valence-electron chi connectivity index (χ4n) is 2.45. The van der Waals surface area contributed by atoms with Crippen LogP contribution in [0.15, 0.2) is 24.3 Å². The van der Waals surface area contributed by atoms with E-state index in [1.54, 1.807) is 0 Å². The summed E-state index contributed by atoms with van der Waals surface area (Å²) >= 11 is 0. The van der Waals surface area contributed by atoms with Gasteiger partial charge in [0.25, 0.3) is 0 Å². The van der Waals surface area contributed by atoms with Crippen molar-refractivity contribution >= 4 is 5.97 Å². The van der Waals surface area contributed by atoms with Crippen LogP contribution < -0.4 is 4.74 Å². The quantitative estimate of drug-likeness (QED) is 0.810. The smallest absolute Gasteiger partial charge is 0.308 e. The number of hydrogen-bond acceptors (Lipinski definition) is 4. The fourth-order valence-corrected chi connectivity index (χ4v) is 2.45. The zero-order valence-electron chi connectivity index (χ0n) is 12.0. The second-order valence-corrected chi connectivity index (χ2v) is 5.58. The Morgan fingerprint density at radius 1 is 1.45 bits per heavy atom. The monoisotopic (exact) mass is 278 g/mol. The Labute approximate surface area is 119 Å². The second-order valence-electron chi connectivity index (χ2n) is 5.58. The van der Waals surface area contributed by atoms with Crippen LogP contribution in [0.1, 0.15) is 25.3 Å². The van der Waals surface area contributed by atoms with Gasteiger partial charge >= 0.3 is 5.97 Å². The predicted molar refractivity (Wildman–Crippen MR) is 75.6 cm³/mol. The van der Waals surface area contributed by atoms with Crippen molar-refractivity contribution < 1.29 is 19.4 Å². The average Bonchev–Trinajstić information content (AvgIpc) is 2.41. The minimum absolute atomic E-state index is 0.143. The highest BCUT2D eigenvalue weighted by atomic mass is 16.5. The lowest BCUT2D eigenvalue weighted by Crippen LogP contribution is -2.32. The van der Waals surface area contributed by atoms with Gasteiger partial charge in [-0.25, -0.2) is 0 Å². The number of rotatable bonds is 6. The van der Waals surface area contributed by atoms with Crippen molar-refractivity contribution in [2.45, 2.75) is 32.3 Å². The minimum Gasteiger partial charge on any atom is -0.493 e. The van der Waals surface area contributed by atoms with Crippen LogP contribution in [-0.2, 0) is 16.0 Å². The molecule has 0 radical (unpaired) electrons. The number of carbonyl (C=O) groups excluding carboxylic acids is 1. The van der Waals surface area contributed by atoms with Crippen LogP contribution in [0.4, 0.5) is 0 Å². The summed E-state index contributed by atoms with van der Waals surface area (Å²) in [6.45, 7) is 2.50. The highest BCUT2D eigenvalue weighted by Gasteiger charge is 2.27. The minimum atomic E-state index is -0.195. The van der Waals surface area contributed by atoms with E-state index in [1.165, 1.54) is 7.11 Å². The van der Waals surface area contributed by atoms with Gasteiger partial charge in [0, 0.05) is 0 Å². The SMILES string of the molecule is COC(=O)C(C)Cc1cccc(OCC2CC(O)C2)c1. The van der Waals surface area contributed by atoms with E-state index >= 15 is 0 Å². The Hall–Kier alpha value is -1.55. The molecular weight excluding hydrogens is 256 g/mol. The van der Waals surface area contributed by atoms with Crippen molar-refractivity contribution in [3.63, 3.8) is 0 Å². The molecule has 1 aromatic carbocycles. The molecule has 1 aromatic rings. The number of aliphatic hydroxyl groups is 1. The van der Waals surface area contributed by atoms with E-state index in [-0.39, 0.29) is 18.0 Å². The van der Waals surface area contributed by atoms with Gasteiger partial charge in [-0.15, -0.1) is 0 Å². The van der Waals surface area contributed by atoms with Gasteiger partial charge in [-0.2, -0.15) is 0 Å². The highest BCUT2D eigenvalue weighted by molar-refractivity contribution is 5.72. The molecule has 1 aliphatic carbocycles. The summed E-state index contributed by atoms with van der Waals surface area (Å²) in [5.74, 6) is 0.931. The van der Waals surface area contributed by atoms with Crippen molar-refractivity contribution in [2.24, 2.45) is 11.8 Å². The van der Waals surface area contributed by atoms with Crippen LogP contribution in [-0.4, -0.2) is 30.9 Å². The molecule has 2 rings (SSSR count). The molecule has 1 fully saturated rings. The number of esters is 1. The lowest BCUT2D eigenvalue weighted by Gasteiger charge is -2.31. The summed E-state index contributed by atoms with van der Waals surface area (Å²) < 4.78 is 10.5. The maximum absolute atomic E-state index is 11.4. The van der Waals surface area contributed by atoms with Crippen LogP contribution in [0.2, 0.25) is 0 Å². The molecule has 4 heteroatoms. The van der Waals surface area contributed by atoms with Crippen molar-refractivity contribution in [3.8, 4) is 5.75 Å². The Morgan fingerprint density at radius 3 is 2.85 bits per heavy atom. The Kier molecular flexibility index (Phi) is 5.01. The first-order valence-electron chi connectivity index (χ1n) is 7.06. The summed E-state index contributed by atoms with van der Waals surface area (Å²) in [4.78, 5) is 11.4. The van der Waals surface area contributed by atoms with Crippen LogP contribution in [0.25, 0.3) is 0 Å². The lowest BCUT2D eigenvalue weighted by molar-refractivity contribution is -0.144. The Bertz CT molecular complexity index is 452. The zero-order chi connectivity index (χ0) is 14.5. The van der Waals surface area contributed by atoms with Gasteiger partial charge in [0.1, 0.15) is 5.75 Å². The second kappa shape index (κ2) is 6.75. The third kappa shape index (κ3) is 3.97. The van der Waals surface area contributed by atoms with Gasteiger partial charge in [0.15, 0.2) is 0 Å². The molecule has 1 aliphatic rings. The van der Waals surface area contributed by atoms with E-state index in [9.17, 15) is 9.90 Å². The van der Waals surface area contributed by atoms with E-state index in [1.807, 2.05) is 31.2 Å². The Balaban J connectivity index is 1.85. The molecular formula is C16H22O4.